The van der Waals surface area contributed by atoms with Crippen molar-refractivity contribution in [1.29, 1.82) is 0 Å². The van der Waals surface area contributed by atoms with E-state index in [4.69, 9.17) is 19.3 Å². The number of hydrogen-bond acceptors (Lipinski definition) is 8. The van der Waals surface area contributed by atoms with E-state index in [9.17, 15) is 9.90 Å². The molecule has 0 saturated heterocycles. The van der Waals surface area contributed by atoms with E-state index in [-0.39, 0.29) is 12.2 Å². The Labute approximate surface area is 161 Å². The molecule has 1 atom stereocenters. The fraction of sp³-hybridized carbons (Fsp3) is 0.611. The summed E-state index contributed by atoms with van der Waals surface area (Å²) in [6, 6.07) is 0. The van der Waals surface area contributed by atoms with Gasteiger partial charge >= 0.3 is 5.97 Å². The summed E-state index contributed by atoms with van der Waals surface area (Å²) in [7, 11) is 0. The number of thioether (sulfide) groups is 2. The van der Waals surface area contributed by atoms with Gasteiger partial charge in [0.05, 0.1) is 16.4 Å². The van der Waals surface area contributed by atoms with Crippen LogP contribution in [0.5, 0.6) is 11.5 Å². The molecule has 1 aromatic rings. The molecular weight excluding hydrogens is 376 g/mol. The summed E-state index contributed by atoms with van der Waals surface area (Å²) in [6.07, 6.45) is -0.323. The SMILES string of the molecule is CCc1c2c(c(C(=O)OCC(O)CO)c3c1SC(C)(C)O3)OC(C)(C)S2. The van der Waals surface area contributed by atoms with Crippen molar-refractivity contribution in [3.63, 3.8) is 0 Å². The fourth-order valence-corrected chi connectivity index (χ4v) is 5.46. The highest BCUT2D eigenvalue weighted by molar-refractivity contribution is 8.01. The van der Waals surface area contributed by atoms with E-state index in [0.717, 1.165) is 21.8 Å². The van der Waals surface area contributed by atoms with Crippen molar-refractivity contribution in [2.24, 2.45) is 0 Å². The van der Waals surface area contributed by atoms with Crippen LogP contribution in [0.4, 0.5) is 0 Å². The van der Waals surface area contributed by atoms with E-state index in [0.29, 0.717) is 11.5 Å². The standard InChI is InChI=1S/C18H24O6S2/c1-6-10-14-12(23-17(2,3)25-14)11(16(21)22-8-9(20)7-19)13-15(10)26-18(4,5)24-13/h9,19-20H,6-8H2,1-5H3. The Kier molecular flexibility index (Phi) is 5.16. The molecule has 3 rings (SSSR count). The van der Waals surface area contributed by atoms with Gasteiger partial charge in [-0.3, -0.25) is 0 Å². The molecule has 0 fully saturated rings. The zero-order valence-corrected chi connectivity index (χ0v) is 17.2. The molecule has 2 heterocycles. The number of hydrogen-bond donors (Lipinski definition) is 2. The van der Waals surface area contributed by atoms with Gasteiger partial charge in [0.1, 0.15) is 18.3 Å². The molecule has 2 aliphatic heterocycles. The number of fused-ring (bicyclic) bond motifs is 2. The van der Waals surface area contributed by atoms with E-state index >= 15 is 0 Å². The molecule has 1 unspecified atom stereocenters. The Morgan fingerprint density at radius 2 is 1.62 bits per heavy atom. The number of ether oxygens (including phenoxy) is 3. The molecule has 0 aromatic heterocycles. The smallest absolute Gasteiger partial charge is 0.345 e. The lowest BCUT2D eigenvalue weighted by Crippen LogP contribution is -2.24. The minimum atomic E-state index is -1.12. The van der Waals surface area contributed by atoms with Crippen LogP contribution in [0.3, 0.4) is 0 Å². The van der Waals surface area contributed by atoms with Gasteiger partial charge in [0.2, 0.25) is 0 Å². The van der Waals surface area contributed by atoms with Gasteiger partial charge in [0.25, 0.3) is 0 Å². The van der Waals surface area contributed by atoms with E-state index in [1.54, 1.807) is 23.5 Å². The fourth-order valence-electron chi connectivity index (χ4n) is 2.95. The topological polar surface area (TPSA) is 85.2 Å². The molecule has 8 heteroatoms. The van der Waals surface area contributed by atoms with Gasteiger partial charge in [0, 0.05) is 0 Å². The molecule has 0 aliphatic carbocycles. The molecule has 26 heavy (non-hydrogen) atoms. The minimum Gasteiger partial charge on any atom is -0.475 e. The number of benzene rings is 1. The van der Waals surface area contributed by atoms with Gasteiger partial charge in [-0.05, 0) is 39.7 Å². The van der Waals surface area contributed by atoms with Crippen LogP contribution in [-0.2, 0) is 11.2 Å². The van der Waals surface area contributed by atoms with Crippen molar-refractivity contribution in [2.45, 2.75) is 66.8 Å². The Balaban J connectivity index is 2.11. The lowest BCUT2D eigenvalue weighted by Gasteiger charge is -2.19. The lowest BCUT2D eigenvalue weighted by atomic mass is 10.1. The normalized spacial score (nSPS) is 20.0. The van der Waals surface area contributed by atoms with Gasteiger partial charge in [0.15, 0.2) is 21.4 Å². The molecule has 144 valence electrons. The van der Waals surface area contributed by atoms with Gasteiger partial charge in [-0.1, -0.05) is 30.4 Å². The Morgan fingerprint density at radius 3 is 2.04 bits per heavy atom. The first-order chi connectivity index (χ1) is 12.1. The molecule has 2 N–H and O–H groups in total. The van der Waals surface area contributed by atoms with Crippen LogP contribution in [0, 0.1) is 0 Å². The highest BCUT2D eigenvalue weighted by Crippen LogP contribution is 2.60. The zero-order chi connectivity index (χ0) is 19.3. The van der Waals surface area contributed by atoms with Crippen LogP contribution in [0.15, 0.2) is 9.79 Å². The summed E-state index contributed by atoms with van der Waals surface area (Å²) < 4.78 is 17.4. The van der Waals surface area contributed by atoms with Crippen molar-refractivity contribution in [3.05, 3.63) is 11.1 Å². The van der Waals surface area contributed by atoms with Crippen LogP contribution < -0.4 is 9.47 Å². The molecule has 2 aliphatic rings. The second-order valence-corrected chi connectivity index (χ2v) is 10.4. The number of aliphatic hydroxyl groups excluding tert-OH is 2. The molecule has 0 spiro atoms. The summed E-state index contributed by atoms with van der Waals surface area (Å²) in [5, 5.41) is 18.4. The summed E-state index contributed by atoms with van der Waals surface area (Å²) in [6.45, 7) is 9.10. The molecule has 0 saturated carbocycles. The summed E-state index contributed by atoms with van der Waals surface area (Å²) in [4.78, 5) is 13.7. The monoisotopic (exact) mass is 400 g/mol. The van der Waals surface area contributed by atoms with Crippen LogP contribution in [0.25, 0.3) is 0 Å². The van der Waals surface area contributed by atoms with Crippen molar-refractivity contribution in [3.8, 4) is 11.5 Å². The van der Waals surface area contributed by atoms with E-state index in [1.165, 1.54) is 0 Å². The highest BCUT2D eigenvalue weighted by Gasteiger charge is 2.45. The first kappa shape index (κ1) is 19.7. The summed E-state index contributed by atoms with van der Waals surface area (Å²) >= 11 is 3.17. The largest absolute Gasteiger partial charge is 0.475 e. The van der Waals surface area contributed by atoms with Crippen molar-refractivity contribution < 1.29 is 29.2 Å². The minimum absolute atomic E-state index is 0.258. The lowest BCUT2D eigenvalue weighted by molar-refractivity contribution is 0.00852. The average Bonchev–Trinajstić information content (AvgIpc) is 3.03. The molecule has 1 aromatic carbocycles. The average molecular weight is 401 g/mol. The van der Waals surface area contributed by atoms with E-state index < -0.39 is 28.5 Å². The second-order valence-electron chi connectivity index (χ2n) is 7.17. The Bertz CT molecular complexity index is 699. The van der Waals surface area contributed by atoms with Gasteiger partial charge in [-0.25, -0.2) is 4.79 Å². The summed E-state index contributed by atoms with van der Waals surface area (Å²) in [5.41, 5.74) is 1.38. The molecule has 0 amide bonds. The Morgan fingerprint density at radius 1 is 1.12 bits per heavy atom. The molecule has 0 bridgehead atoms. The number of carbonyl (C=O) groups is 1. The predicted octanol–water partition coefficient (Wildman–Crippen LogP) is 3.20. The molecule has 0 radical (unpaired) electrons. The molecule has 6 nitrogen and oxygen atoms in total. The predicted molar refractivity (Wildman–Crippen MR) is 100 cm³/mol. The summed E-state index contributed by atoms with van der Waals surface area (Å²) in [5.74, 6) is 0.346. The van der Waals surface area contributed by atoms with Crippen molar-refractivity contribution in [2.75, 3.05) is 13.2 Å². The first-order valence-electron chi connectivity index (χ1n) is 8.53. The highest BCUT2D eigenvalue weighted by atomic mass is 32.2. The van der Waals surface area contributed by atoms with Crippen molar-refractivity contribution in [1.82, 2.24) is 0 Å². The number of rotatable bonds is 5. The maximum absolute atomic E-state index is 12.8. The molecular formula is C18H24O6S2. The third-order valence-electron chi connectivity index (χ3n) is 3.98. The maximum atomic E-state index is 12.8. The van der Waals surface area contributed by atoms with Crippen LogP contribution in [-0.4, -0.2) is 45.4 Å². The third-order valence-corrected chi connectivity index (χ3v) is 6.40. The van der Waals surface area contributed by atoms with Crippen LogP contribution in [0.1, 0.15) is 50.5 Å². The van der Waals surface area contributed by atoms with E-state index in [2.05, 4.69) is 6.92 Å². The van der Waals surface area contributed by atoms with Crippen LogP contribution in [0.2, 0.25) is 0 Å². The van der Waals surface area contributed by atoms with Gasteiger partial charge in [-0.15, -0.1) is 0 Å². The van der Waals surface area contributed by atoms with Gasteiger partial charge < -0.3 is 24.4 Å². The third kappa shape index (κ3) is 3.52. The van der Waals surface area contributed by atoms with Crippen molar-refractivity contribution >= 4 is 29.5 Å². The number of carbonyl (C=O) groups excluding carboxylic acids is 1. The second kappa shape index (κ2) is 6.82. The van der Waals surface area contributed by atoms with E-state index in [1.807, 2.05) is 27.7 Å². The zero-order valence-electron chi connectivity index (χ0n) is 15.5. The quantitative estimate of drug-likeness (QED) is 0.729. The number of esters is 1. The first-order valence-corrected chi connectivity index (χ1v) is 10.2. The number of aliphatic hydroxyl groups is 2. The maximum Gasteiger partial charge on any atom is 0.345 e. The van der Waals surface area contributed by atoms with Crippen LogP contribution >= 0.6 is 23.5 Å². The van der Waals surface area contributed by atoms with Gasteiger partial charge in [-0.2, -0.15) is 0 Å². The Hall–Kier alpha value is -1.09.